The molecule has 16 heavy (non-hydrogen) atoms. The Kier molecular flexibility index (Phi) is 5.00. The van der Waals surface area contributed by atoms with Crippen LogP contribution in [0.4, 0.5) is 0 Å². The molecule has 0 aromatic heterocycles. The van der Waals surface area contributed by atoms with Gasteiger partial charge in [0.05, 0.1) is 18.7 Å². The van der Waals surface area contributed by atoms with E-state index >= 15 is 0 Å². The Balaban J connectivity index is 3.02. The van der Waals surface area contributed by atoms with Gasteiger partial charge in [0.25, 0.3) is 0 Å². The molecule has 0 aliphatic rings. The summed E-state index contributed by atoms with van der Waals surface area (Å²) in [5.74, 6) is -0.340. The van der Waals surface area contributed by atoms with Crippen molar-refractivity contribution in [1.82, 2.24) is 0 Å². The van der Waals surface area contributed by atoms with Crippen LogP contribution in [0.2, 0.25) is 0 Å². The van der Waals surface area contributed by atoms with Crippen molar-refractivity contribution >= 4 is 21.9 Å². The second kappa shape index (κ2) is 6.29. The highest BCUT2D eigenvalue weighted by Crippen LogP contribution is 2.17. The van der Waals surface area contributed by atoms with E-state index in [-0.39, 0.29) is 5.97 Å². The molecular formula is C12H12BrNO2. The van der Waals surface area contributed by atoms with Gasteiger partial charge < -0.3 is 4.74 Å². The minimum atomic E-state index is -0.340. The number of hydrogen-bond donors (Lipinski definition) is 0. The number of aryl methyl sites for hydroxylation is 1. The largest absolute Gasteiger partial charge is 0.465 e. The van der Waals surface area contributed by atoms with Crippen LogP contribution in [-0.2, 0) is 16.5 Å². The van der Waals surface area contributed by atoms with Gasteiger partial charge in [0.2, 0.25) is 0 Å². The van der Waals surface area contributed by atoms with Crippen LogP contribution in [-0.4, -0.2) is 13.1 Å². The summed E-state index contributed by atoms with van der Waals surface area (Å²) < 4.78 is 4.71. The molecule has 1 aromatic carbocycles. The maximum Gasteiger partial charge on any atom is 0.338 e. The summed E-state index contributed by atoms with van der Waals surface area (Å²) >= 11 is 3.32. The third kappa shape index (κ3) is 3.07. The van der Waals surface area contributed by atoms with Crippen LogP contribution in [0.15, 0.2) is 18.2 Å². The Bertz CT molecular complexity index is 424. The first-order chi connectivity index (χ1) is 7.72. The zero-order valence-corrected chi connectivity index (χ0v) is 10.6. The number of hydrogen-bond acceptors (Lipinski definition) is 3. The van der Waals surface area contributed by atoms with Crippen molar-refractivity contribution in [3.8, 4) is 6.07 Å². The van der Waals surface area contributed by atoms with E-state index in [1.807, 2.05) is 12.1 Å². The number of ether oxygens (including phenoxy) is 1. The van der Waals surface area contributed by atoms with Gasteiger partial charge in [-0.25, -0.2) is 4.79 Å². The van der Waals surface area contributed by atoms with Gasteiger partial charge in [-0.1, -0.05) is 28.1 Å². The quantitative estimate of drug-likeness (QED) is 0.630. The van der Waals surface area contributed by atoms with Gasteiger partial charge >= 0.3 is 5.97 Å². The summed E-state index contributed by atoms with van der Waals surface area (Å²) in [5, 5.41) is 9.11. The highest BCUT2D eigenvalue weighted by molar-refractivity contribution is 9.08. The first-order valence-electron chi connectivity index (χ1n) is 4.86. The number of esters is 1. The summed E-state index contributed by atoms with van der Waals surface area (Å²) in [7, 11) is 1.36. The lowest BCUT2D eigenvalue weighted by Crippen LogP contribution is -2.05. The van der Waals surface area contributed by atoms with E-state index in [1.165, 1.54) is 7.11 Å². The zero-order valence-electron chi connectivity index (χ0n) is 9.00. The van der Waals surface area contributed by atoms with E-state index < -0.39 is 0 Å². The molecule has 3 nitrogen and oxygen atoms in total. The lowest BCUT2D eigenvalue weighted by Gasteiger charge is -2.07. The van der Waals surface area contributed by atoms with Crippen LogP contribution in [0.25, 0.3) is 0 Å². The molecule has 0 radical (unpaired) electrons. The molecular weight excluding hydrogens is 270 g/mol. The molecule has 0 aliphatic heterocycles. The molecule has 0 amide bonds. The third-order valence-electron chi connectivity index (χ3n) is 2.25. The fourth-order valence-electron chi connectivity index (χ4n) is 1.40. The molecule has 1 aromatic rings. The van der Waals surface area contributed by atoms with Crippen molar-refractivity contribution in [3.63, 3.8) is 0 Å². The number of halogens is 1. The van der Waals surface area contributed by atoms with Crippen molar-refractivity contribution in [2.24, 2.45) is 0 Å². The maximum absolute atomic E-state index is 11.5. The van der Waals surface area contributed by atoms with Gasteiger partial charge in [0.1, 0.15) is 0 Å². The summed E-state index contributed by atoms with van der Waals surface area (Å²) in [6, 6.07) is 7.69. The molecule has 0 saturated heterocycles. The molecule has 0 N–H and O–H groups in total. The van der Waals surface area contributed by atoms with Crippen LogP contribution < -0.4 is 0 Å². The fraction of sp³-hybridized carbons (Fsp3) is 0.333. The SMILES string of the molecule is COC(=O)c1cc(CCC#N)ccc1CBr. The van der Waals surface area contributed by atoms with Crippen molar-refractivity contribution < 1.29 is 9.53 Å². The topological polar surface area (TPSA) is 50.1 Å². The average Bonchev–Trinajstić information content (AvgIpc) is 2.35. The lowest BCUT2D eigenvalue weighted by molar-refractivity contribution is 0.0599. The minimum absolute atomic E-state index is 0.340. The molecule has 0 bridgehead atoms. The molecule has 0 fully saturated rings. The van der Waals surface area contributed by atoms with Crippen LogP contribution in [0.3, 0.4) is 0 Å². The van der Waals surface area contributed by atoms with E-state index in [1.54, 1.807) is 6.07 Å². The van der Waals surface area contributed by atoms with Crippen LogP contribution in [0.5, 0.6) is 0 Å². The summed E-state index contributed by atoms with van der Waals surface area (Å²) in [6.07, 6.45) is 1.11. The Hall–Kier alpha value is -1.34. The number of nitrogens with zero attached hydrogens (tertiary/aromatic N) is 1. The first kappa shape index (κ1) is 12.7. The Morgan fingerprint density at radius 3 is 2.88 bits per heavy atom. The molecule has 0 heterocycles. The van der Waals surface area contributed by atoms with Crippen molar-refractivity contribution in [2.75, 3.05) is 7.11 Å². The number of rotatable bonds is 4. The molecule has 0 aliphatic carbocycles. The van der Waals surface area contributed by atoms with Gasteiger partial charge in [0.15, 0.2) is 0 Å². The van der Waals surface area contributed by atoms with E-state index in [4.69, 9.17) is 10.00 Å². The van der Waals surface area contributed by atoms with E-state index in [2.05, 4.69) is 22.0 Å². The number of methoxy groups -OCH3 is 1. The predicted octanol–water partition coefficient (Wildman–Crippen LogP) is 2.82. The fourth-order valence-corrected chi connectivity index (χ4v) is 1.88. The van der Waals surface area contributed by atoms with Crippen molar-refractivity contribution in [1.29, 1.82) is 5.26 Å². The van der Waals surface area contributed by atoms with Crippen LogP contribution >= 0.6 is 15.9 Å². The molecule has 0 unspecified atom stereocenters. The van der Waals surface area contributed by atoms with Crippen LogP contribution in [0, 0.1) is 11.3 Å². The molecule has 1 rings (SSSR count). The first-order valence-corrected chi connectivity index (χ1v) is 5.98. The van der Waals surface area contributed by atoms with Crippen molar-refractivity contribution in [3.05, 3.63) is 34.9 Å². The molecule has 0 saturated carbocycles. The van der Waals surface area contributed by atoms with Gasteiger partial charge in [-0.2, -0.15) is 5.26 Å². The minimum Gasteiger partial charge on any atom is -0.465 e. The number of alkyl halides is 1. The molecule has 4 heteroatoms. The number of nitriles is 1. The second-order valence-electron chi connectivity index (χ2n) is 3.27. The Labute approximate surface area is 103 Å². The molecule has 0 atom stereocenters. The number of carbonyl (C=O) groups is 1. The van der Waals surface area contributed by atoms with Gasteiger partial charge in [0, 0.05) is 11.8 Å². The number of carbonyl (C=O) groups excluding carboxylic acids is 1. The van der Waals surface area contributed by atoms with Crippen molar-refractivity contribution in [2.45, 2.75) is 18.2 Å². The van der Waals surface area contributed by atoms with Gasteiger partial charge in [-0.3, -0.25) is 0 Å². The van der Waals surface area contributed by atoms with E-state index in [9.17, 15) is 4.79 Å². The Morgan fingerprint density at radius 2 is 2.31 bits per heavy atom. The number of benzene rings is 1. The molecule has 0 spiro atoms. The zero-order chi connectivity index (χ0) is 12.0. The average molecular weight is 282 g/mol. The Morgan fingerprint density at radius 1 is 1.56 bits per heavy atom. The van der Waals surface area contributed by atoms with E-state index in [0.29, 0.717) is 23.7 Å². The normalized spacial score (nSPS) is 9.56. The smallest absolute Gasteiger partial charge is 0.338 e. The highest BCUT2D eigenvalue weighted by Gasteiger charge is 2.11. The molecule has 84 valence electrons. The monoisotopic (exact) mass is 281 g/mol. The van der Waals surface area contributed by atoms with E-state index in [0.717, 1.165) is 11.1 Å². The highest BCUT2D eigenvalue weighted by atomic mass is 79.9. The maximum atomic E-state index is 11.5. The summed E-state index contributed by atoms with van der Waals surface area (Å²) in [6.45, 7) is 0. The summed E-state index contributed by atoms with van der Waals surface area (Å²) in [4.78, 5) is 11.5. The van der Waals surface area contributed by atoms with Gasteiger partial charge in [-0.15, -0.1) is 0 Å². The predicted molar refractivity (Wildman–Crippen MR) is 64.3 cm³/mol. The lowest BCUT2D eigenvalue weighted by atomic mass is 10.0. The third-order valence-corrected chi connectivity index (χ3v) is 2.85. The second-order valence-corrected chi connectivity index (χ2v) is 3.84. The van der Waals surface area contributed by atoms with Gasteiger partial charge in [-0.05, 0) is 23.6 Å². The summed E-state index contributed by atoms with van der Waals surface area (Å²) in [5.41, 5.74) is 2.44. The van der Waals surface area contributed by atoms with Crippen LogP contribution in [0.1, 0.15) is 27.9 Å². The standard InChI is InChI=1S/C12H12BrNO2/c1-16-12(15)11-7-9(3-2-6-14)4-5-10(11)8-13/h4-5,7H,2-3,8H2,1H3.